The van der Waals surface area contributed by atoms with E-state index in [1.54, 1.807) is 0 Å². The molecule has 0 saturated carbocycles. The molecule has 0 spiro atoms. The van der Waals surface area contributed by atoms with Gasteiger partial charge in [0.1, 0.15) is 18.3 Å². The fraction of sp³-hybridized carbons (Fsp3) is 1.00. The molecule has 0 aromatic rings. The van der Waals surface area contributed by atoms with Gasteiger partial charge in [0.25, 0.3) is 0 Å². The molecule has 0 unspecified atom stereocenters. The SMILES string of the molecule is OC[C@@H]1O[C@](O)(CO)[C@@H](O)[C@@H]1O. The highest BCUT2D eigenvalue weighted by molar-refractivity contribution is 4.94. The van der Waals surface area contributed by atoms with Crippen LogP contribution in [0.1, 0.15) is 0 Å². The smallest absolute Gasteiger partial charge is 0.219 e. The molecule has 0 aliphatic carbocycles. The summed E-state index contributed by atoms with van der Waals surface area (Å²) in [5, 5.41) is 44.7. The van der Waals surface area contributed by atoms with Crippen LogP contribution in [-0.4, -0.2) is 62.8 Å². The maximum atomic E-state index is 9.25. The molecular formula is C6H12O6. The van der Waals surface area contributed by atoms with Crippen molar-refractivity contribution in [1.29, 1.82) is 0 Å². The van der Waals surface area contributed by atoms with E-state index in [0.717, 1.165) is 0 Å². The highest BCUT2D eigenvalue weighted by Crippen LogP contribution is 2.28. The molecule has 1 aliphatic rings. The summed E-state index contributed by atoms with van der Waals surface area (Å²) in [6.07, 6.45) is -4.04. The lowest BCUT2D eigenvalue weighted by molar-refractivity contribution is -0.248. The fourth-order valence-electron chi connectivity index (χ4n) is 1.15. The molecule has 0 bridgehead atoms. The standard InChI is InChI=1S/C6H12O6/c7-1-3-4(9)5(10)6(11,2-8)12-3/h3-5,7-11H,1-2H2/t3-,4+,5-,6+/m0/s1. The van der Waals surface area contributed by atoms with Crippen molar-refractivity contribution < 1.29 is 30.3 Å². The quantitative estimate of drug-likeness (QED) is 0.306. The van der Waals surface area contributed by atoms with Gasteiger partial charge in [0.15, 0.2) is 0 Å². The monoisotopic (exact) mass is 180 g/mol. The van der Waals surface area contributed by atoms with Crippen LogP contribution in [0, 0.1) is 0 Å². The lowest BCUT2D eigenvalue weighted by Gasteiger charge is -2.22. The molecule has 1 saturated heterocycles. The molecule has 1 aliphatic heterocycles. The number of hydrogen-bond donors (Lipinski definition) is 5. The molecule has 72 valence electrons. The highest BCUT2D eigenvalue weighted by Gasteiger charge is 2.52. The third-order valence-electron chi connectivity index (χ3n) is 1.93. The molecule has 5 N–H and O–H groups in total. The van der Waals surface area contributed by atoms with Gasteiger partial charge in [-0.1, -0.05) is 0 Å². The number of aliphatic hydroxyl groups excluding tert-OH is 4. The van der Waals surface area contributed by atoms with Crippen LogP contribution in [0.25, 0.3) is 0 Å². The summed E-state index contributed by atoms with van der Waals surface area (Å²) in [5.41, 5.74) is 0. The fourth-order valence-corrected chi connectivity index (χ4v) is 1.15. The number of rotatable bonds is 2. The Kier molecular flexibility index (Phi) is 2.67. The van der Waals surface area contributed by atoms with Gasteiger partial charge in [0.2, 0.25) is 5.79 Å². The van der Waals surface area contributed by atoms with Gasteiger partial charge < -0.3 is 30.3 Å². The van der Waals surface area contributed by atoms with Gasteiger partial charge in [-0.25, -0.2) is 0 Å². The molecule has 12 heavy (non-hydrogen) atoms. The number of ether oxygens (including phenoxy) is 1. The number of hydrogen-bond acceptors (Lipinski definition) is 6. The van der Waals surface area contributed by atoms with Crippen molar-refractivity contribution >= 4 is 0 Å². The first-order valence-corrected chi connectivity index (χ1v) is 3.53. The van der Waals surface area contributed by atoms with Gasteiger partial charge in [0, 0.05) is 0 Å². The van der Waals surface area contributed by atoms with Gasteiger partial charge in [0.05, 0.1) is 13.2 Å². The van der Waals surface area contributed by atoms with E-state index >= 15 is 0 Å². The van der Waals surface area contributed by atoms with Crippen LogP contribution < -0.4 is 0 Å². The minimum atomic E-state index is -2.16. The summed E-state index contributed by atoms with van der Waals surface area (Å²) in [6, 6.07) is 0. The molecule has 4 atom stereocenters. The molecule has 1 fully saturated rings. The zero-order valence-corrected chi connectivity index (χ0v) is 6.29. The van der Waals surface area contributed by atoms with Gasteiger partial charge in [-0.05, 0) is 0 Å². The van der Waals surface area contributed by atoms with Crippen LogP contribution in [-0.2, 0) is 4.74 Å². The second kappa shape index (κ2) is 3.25. The summed E-state index contributed by atoms with van der Waals surface area (Å²) in [6.45, 7) is -1.36. The second-order valence-electron chi connectivity index (χ2n) is 2.78. The van der Waals surface area contributed by atoms with Crippen LogP contribution in [0.2, 0.25) is 0 Å². The van der Waals surface area contributed by atoms with Crippen molar-refractivity contribution in [1.82, 2.24) is 0 Å². The zero-order valence-electron chi connectivity index (χ0n) is 6.29. The van der Waals surface area contributed by atoms with Crippen molar-refractivity contribution in [3.05, 3.63) is 0 Å². The van der Waals surface area contributed by atoms with Crippen molar-refractivity contribution in [2.75, 3.05) is 13.2 Å². The molecule has 0 amide bonds. The predicted molar refractivity (Wildman–Crippen MR) is 36.0 cm³/mol. The lowest BCUT2D eigenvalue weighted by atomic mass is 10.1. The third kappa shape index (κ3) is 1.33. The van der Waals surface area contributed by atoms with Gasteiger partial charge in [-0.2, -0.15) is 0 Å². The Morgan fingerprint density at radius 1 is 1.25 bits per heavy atom. The molecule has 0 aromatic carbocycles. The minimum absolute atomic E-state index is 0.527. The van der Waals surface area contributed by atoms with Crippen LogP contribution in [0.3, 0.4) is 0 Å². The summed E-state index contributed by atoms with van der Waals surface area (Å²) in [4.78, 5) is 0. The summed E-state index contributed by atoms with van der Waals surface area (Å²) in [7, 11) is 0. The average molecular weight is 180 g/mol. The van der Waals surface area contributed by atoms with E-state index in [2.05, 4.69) is 4.74 Å². The van der Waals surface area contributed by atoms with Crippen molar-refractivity contribution in [2.24, 2.45) is 0 Å². The lowest BCUT2D eigenvalue weighted by Crippen LogP contribution is -2.46. The van der Waals surface area contributed by atoms with Crippen molar-refractivity contribution in [2.45, 2.75) is 24.1 Å². The predicted octanol–water partition coefficient (Wildman–Crippen LogP) is -3.22. The Labute approximate surface area is 68.6 Å². The van der Waals surface area contributed by atoms with Crippen LogP contribution in [0.15, 0.2) is 0 Å². The minimum Gasteiger partial charge on any atom is -0.394 e. The Bertz CT molecular complexity index is 162. The Morgan fingerprint density at radius 3 is 2.08 bits per heavy atom. The molecule has 6 nitrogen and oxygen atoms in total. The summed E-state index contributed by atoms with van der Waals surface area (Å²) >= 11 is 0. The maximum Gasteiger partial charge on any atom is 0.219 e. The maximum absolute atomic E-state index is 9.25. The topological polar surface area (TPSA) is 110 Å². The molecule has 1 heterocycles. The zero-order chi connectivity index (χ0) is 9.35. The second-order valence-corrected chi connectivity index (χ2v) is 2.78. The molecule has 1 rings (SSSR count). The van der Waals surface area contributed by atoms with E-state index in [1.165, 1.54) is 0 Å². The van der Waals surface area contributed by atoms with E-state index < -0.39 is 37.3 Å². The molecule has 0 aromatic heterocycles. The van der Waals surface area contributed by atoms with E-state index in [1.807, 2.05) is 0 Å². The van der Waals surface area contributed by atoms with Crippen molar-refractivity contribution in [3.8, 4) is 0 Å². The van der Waals surface area contributed by atoms with E-state index in [9.17, 15) is 5.11 Å². The van der Waals surface area contributed by atoms with E-state index in [0.29, 0.717) is 0 Å². The summed E-state index contributed by atoms with van der Waals surface area (Å²) < 4.78 is 4.63. The van der Waals surface area contributed by atoms with Crippen LogP contribution in [0.4, 0.5) is 0 Å². The van der Waals surface area contributed by atoms with Crippen LogP contribution >= 0.6 is 0 Å². The largest absolute Gasteiger partial charge is 0.394 e. The van der Waals surface area contributed by atoms with Gasteiger partial charge in [-0.15, -0.1) is 0 Å². The molecular weight excluding hydrogens is 168 g/mol. The van der Waals surface area contributed by atoms with Crippen LogP contribution in [0.5, 0.6) is 0 Å². The van der Waals surface area contributed by atoms with E-state index in [-0.39, 0.29) is 0 Å². The van der Waals surface area contributed by atoms with Crippen molar-refractivity contribution in [3.63, 3.8) is 0 Å². The Hall–Kier alpha value is -0.240. The van der Waals surface area contributed by atoms with Gasteiger partial charge >= 0.3 is 0 Å². The average Bonchev–Trinajstić information content (AvgIpc) is 2.31. The highest BCUT2D eigenvalue weighted by atomic mass is 16.7. The number of aliphatic hydroxyl groups is 5. The summed E-state index contributed by atoms with van der Waals surface area (Å²) in [5.74, 6) is -2.16. The first-order valence-electron chi connectivity index (χ1n) is 3.53. The first-order chi connectivity index (χ1) is 5.55. The molecule has 0 radical (unpaired) electrons. The van der Waals surface area contributed by atoms with E-state index in [4.69, 9.17) is 20.4 Å². The molecule has 6 heteroatoms. The Morgan fingerprint density at radius 2 is 1.83 bits per heavy atom. The van der Waals surface area contributed by atoms with Gasteiger partial charge in [-0.3, -0.25) is 0 Å². The normalized spacial score (nSPS) is 48.2. The third-order valence-corrected chi connectivity index (χ3v) is 1.93. The first kappa shape index (κ1) is 9.85. The Balaban J connectivity index is 2.72.